The summed E-state index contributed by atoms with van der Waals surface area (Å²) in [6.45, 7) is 2.45. The summed E-state index contributed by atoms with van der Waals surface area (Å²) in [6, 6.07) is 2.00. The predicted molar refractivity (Wildman–Crippen MR) is 54.0 cm³/mol. The van der Waals surface area contributed by atoms with Crippen LogP contribution in [0, 0.1) is 6.92 Å². The number of hydrogen-bond acceptors (Lipinski definition) is 3. The Balaban J connectivity index is 2.55. The Hall–Kier alpha value is -1.68. The third-order valence-electron chi connectivity index (χ3n) is 2.10. The van der Waals surface area contributed by atoms with Crippen molar-refractivity contribution in [2.75, 3.05) is 0 Å². The van der Waals surface area contributed by atoms with E-state index in [0.29, 0.717) is 6.54 Å². The maximum absolute atomic E-state index is 5.63. The average molecular weight is 188 g/mol. The lowest BCUT2D eigenvalue weighted by Crippen LogP contribution is -2.04. The van der Waals surface area contributed by atoms with Gasteiger partial charge in [0, 0.05) is 36.4 Å². The number of pyridine rings is 1. The fourth-order valence-electron chi connectivity index (χ4n) is 1.37. The molecule has 0 saturated carbocycles. The summed E-state index contributed by atoms with van der Waals surface area (Å²) >= 11 is 0. The first-order valence-corrected chi connectivity index (χ1v) is 4.45. The Morgan fingerprint density at radius 3 is 3.00 bits per heavy atom. The summed E-state index contributed by atoms with van der Waals surface area (Å²) in [5, 5.41) is 0. The van der Waals surface area contributed by atoms with Crippen LogP contribution >= 0.6 is 0 Å². The minimum atomic E-state index is 0.487. The molecule has 0 spiro atoms. The molecule has 72 valence electrons. The molecule has 0 saturated heterocycles. The topological polar surface area (TPSA) is 56.7 Å². The van der Waals surface area contributed by atoms with Crippen LogP contribution < -0.4 is 5.73 Å². The molecule has 2 N–H and O–H groups in total. The van der Waals surface area contributed by atoms with Gasteiger partial charge in [0.05, 0.1) is 12.0 Å². The van der Waals surface area contributed by atoms with Crippen molar-refractivity contribution in [1.82, 2.24) is 14.5 Å². The summed E-state index contributed by atoms with van der Waals surface area (Å²) < 4.78 is 1.94. The fraction of sp³-hybridized carbons (Fsp3) is 0.200. The van der Waals surface area contributed by atoms with Crippen molar-refractivity contribution < 1.29 is 0 Å². The zero-order valence-corrected chi connectivity index (χ0v) is 8.01. The highest BCUT2D eigenvalue weighted by molar-refractivity contribution is 5.40. The average Bonchev–Trinajstić information content (AvgIpc) is 2.70. The first-order chi connectivity index (χ1) is 6.81. The second-order valence-electron chi connectivity index (χ2n) is 3.13. The number of aryl methyl sites for hydroxylation is 1. The second kappa shape index (κ2) is 3.59. The molecule has 2 rings (SSSR count). The van der Waals surface area contributed by atoms with Crippen LogP contribution in [0.4, 0.5) is 0 Å². The largest absolute Gasteiger partial charge is 0.326 e. The molecule has 0 aliphatic heterocycles. The highest BCUT2D eigenvalue weighted by Gasteiger charge is 2.03. The normalized spacial score (nSPS) is 10.4. The summed E-state index contributed by atoms with van der Waals surface area (Å²) in [4.78, 5) is 8.21. The molecule has 0 unspecified atom stereocenters. The van der Waals surface area contributed by atoms with Gasteiger partial charge in [-0.15, -0.1) is 0 Å². The molecule has 0 aliphatic rings. The molecule has 0 radical (unpaired) electrons. The number of imidazole rings is 1. The number of rotatable bonds is 2. The minimum absolute atomic E-state index is 0.487. The number of hydrogen-bond donors (Lipinski definition) is 1. The molecule has 2 aromatic rings. The van der Waals surface area contributed by atoms with E-state index in [9.17, 15) is 0 Å². The molecule has 0 bridgehead atoms. The van der Waals surface area contributed by atoms with Gasteiger partial charge in [-0.05, 0) is 13.0 Å². The summed E-state index contributed by atoms with van der Waals surface area (Å²) in [6.07, 6.45) is 7.21. The summed E-state index contributed by atoms with van der Waals surface area (Å²) in [5.41, 5.74) is 8.69. The van der Waals surface area contributed by atoms with Gasteiger partial charge in [-0.25, -0.2) is 4.98 Å². The zero-order valence-electron chi connectivity index (χ0n) is 8.01. The first kappa shape index (κ1) is 8.90. The molecule has 0 amide bonds. The van der Waals surface area contributed by atoms with Crippen LogP contribution in [0.3, 0.4) is 0 Å². The zero-order chi connectivity index (χ0) is 9.97. The summed E-state index contributed by atoms with van der Waals surface area (Å²) in [7, 11) is 0. The highest BCUT2D eigenvalue weighted by atomic mass is 15.0. The Bertz CT molecular complexity index is 420. The fourth-order valence-corrected chi connectivity index (χ4v) is 1.37. The first-order valence-electron chi connectivity index (χ1n) is 4.45. The molecule has 0 atom stereocenters. The summed E-state index contributed by atoms with van der Waals surface area (Å²) in [5.74, 6) is 0. The molecule has 14 heavy (non-hydrogen) atoms. The van der Waals surface area contributed by atoms with Gasteiger partial charge < -0.3 is 10.3 Å². The van der Waals surface area contributed by atoms with Crippen molar-refractivity contribution in [3.8, 4) is 5.69 Å². The molecule has 4 nitrogen and oxygen atoms in total. The second-order valence-corrected chi connectivity index (χ2v) is 3.13. The van der Waals surface area contributed by atoms with Crippen molar-refractivity contribution >= 4 is 0 Å². The molecule has 2 heterocycles. The van der Waals surface area contributed by atoms with E-state index in [1.165, 1.54) is 0 Å². The van der Waals surface area contributed by atoms with E-state index < -0.39 is 0 Å². The molecular formula is C10H12N4. The van der Waals surface area contributed by atoms with E-state index >= 15 is 0 Å². The van der Waals surface area contributed by atoms with E-state index in [2.05, 4.69) is 9.97 Å². The quantitative estimate of drug-likeness (QED) is 0.766. The van der Waals surface area contributed by atoms with E-state index in [-0.39, 0.29) is 0 Å². The van der Waals surface area contributed by atoms with Crippen LogP contribution in [-0.2, 0) is 6.54 Å². The van der Waals surface area contributed by atoms with E-state index in [4.69, 9.17) is 5.73 Å². The Kier molecular flexibility index (Phi) is 2.28. The Labute approximate surface area is 82.4 Å². The van der Waals surface area contributed by atoms with Gasteiger partial charge in [-0.3, -0.25) is 4.98 Å². The van der Waals surface area contributed by atoms with E-state index in [1.54, 1.807) is 12.5 Å². The third kappa shape index (κ3) is 1.52. The van der Waals surface area contributed by atoms with Crippen molar-refractivity contribution in [2.45, 2.75) is 13.5 Å². The number of aromatic nitrogens is 3. The van der Waals surface area contributed by atoms with Crippen LogP contribution in [0.1, 0.15) is 11.3 Å². The third-order valence-corrected chi connectivity index (χ3v) is 2.10. The van der Waals surface area contributed by atoms with Crippen molar-refractivity contribution in [2.24, 2.45) is 5.73 Å². The lowest BCUT2D eigenvalue weighted by Gasteiger charge is -2.08. The van der Waals surface area contributed by atoms with Crippen molar-refractivity contribution in [3.05, 3.63) is 42.2 Å². The van der Waals surface area contributed by atoms with Crippen molar-refractivity contribution in [3.63, 3.8) is 0 Å². The Morgan fingerprint density at radius 2 is 2.36 bits per heavy atom. The molecule has 0 aromatic carbocycles. The van der Waals surface area contributed by atoms with Gasteiger partial charge in [0.15, 0.2) is 0 Å². The van der Waals surface area contributed by atoms with Crippen LogP contribution in [0.2, 0.25) is 0 Å². The van der Waals surface area contributed by atoms with Gasteiger partial charge >= 0.3 is 0 Å². The maximum atomic E-state index is 5.63. The van der Waals surface area contributed by atoms with Crippen LogP contribution in [0.5, 0.6) is 0 Å². The lowest BCUT2D eigenvalue weighted by atomic mass is 10.2. The maximum Gasteiger partial charge on any atom is 0.0991 e. The van der Waals surface area contributed by atoms with E-state index in [0.717, 1.165) is 16.9 Å². The van der Waals surface area contributed by atoms with Crippen LogP contribution in [0.25, 0.3) is 5.69 Å². The molecule has 0 aliphatic carbocycles. The van der Waals surface area contributed by atoms with Gasteiger partial charge in [0.25, 0.3) is 0 Å². The standard InChI is InChI=1S/C10H12N4/c1-8-4-10(9(5-11)6-13-8)14-3-2-12-7-14/h2-4,6-7H,5,11H2,1H3. The van der Waals surface area contributed by atoms with Crippen LogP contribution in [0.15, 0.2) is 31.0 Å². The Morgan fingerprint density at radius 1 is 1.50 bits per heavy atom. The van der Waals surface area contributed by atoms with Crippen molar-refractivity contribution in [1.29, 1.82) is 0 Å². The number of nitrogens with two attached hydrogens (primary N) is 1. The molecule has 2 aromatic heterocycles. The van der Waals surface area contributed by atoms with Gasteiger partial charge in [-0.2, -0.15) is 0 Å². The monoisotopic (exact) mass is 188 g/mol. The molecular weight excluding hydrogens is 176 g/mol. The van der Waals surface area contributed by atoms with Crippen LogP contribution in [-0.4, -0.2) is 14.5 Å². The molecule has 0 fully saturated rings. The molecule has 4 heteroatoms. The van der Waals surface area contributed by atoms with Gasteiger partial charge in [0.1, 0.15) is 0 Å². The minimum Gasteiger partial charge on any atom is -0.326 e. The lowest BCUT2D eigenvalue weighted by molar-refractivity contribution is 0.956. The SMILES string of the molecule is Cc1cc(-n2ccnc2)c(CN)cn1. The number of nitrogens with zero attached hydrogens (tertiary/aromatic N) is 3. The van der Waals surface area contributed by atoms with E-state index in [1.807, 2.05) is 30.0 Å². The van der Waals surface area contributed by atoms with Gasteiger partial charge in [-0.1, -0.05) is 0 Å². The highest BCUT2D eigenvalue weighted by Crippen LogP contribution is 2.13. The predicted octanol–water partition coefficient (Wildman–Crippen LogP) is 1.03. The smallest absolute Gasteiger partial charge is 0.0991 e. The van der Waals surface area contributed by atoms with Gasteiger partial charge in [0.2, 0.25) is 0 Å².